The van der Waals surface area contributed by atoms with Gasteiger partial charge in [-0.2, -0.15) is 0 Å². The molecule has 1 aromatic carbocycles. The van der Waals surface area contributed by atoms with Crippen LogP contribution in [0.15, 0.2) is 18.2 Å². The molecule has 25 heavy (non-hydrogen) atoms. The zero-order valence-electron chi connectivity index (χ0n) is 14.9. The SMILES string of the molecule is COC(=O)CCCNC(=O)C[NH+]1CCN(c2cc(Cl)ccc2C)CC1. The summed E-state index contributed by atoms with van der Waals surface area (Å²) in [6.45, 7) is 6.73. The zero-order valence-corrected chi connectivity index (χ0v) is 15.7. The number of methoxy groups -OCH3 is 1. The molecule has 138 valence electrons. The molecule has 0 atom stereocenters. The van der Waals surface area contributed by atoms with Crippen LogP contribution in [0, 0.1) is 6.92 Å². The van der Waals surface area contributed by atoms with Crippen molar-refractivity contribution in [3.8, 4) is 0 Å². The van der Waals surface area contributed by atoms with E-state index in [0.717, 1.165) is 31.2 Å². The highest BCUT2D eigenvalue weighted by Gasteiger charge is 2.23. The fourth-order valence-corrected chi connectivity index (χ4v) is 3.18. The number of rotatable bonds is 7. The molecule has 1 aromatic rings. The minimum atomic E-state index is -0.243. The first-order chi connectivity index (χ1) is 12.0. The van der Waals surface area contributed by atoms with Crippen molar-refractivity contribution in [2.45, 2.75) is 19.8 Å². The summed E-state index contributed by atoms with van der Waals surface area (Å²) in [5.41, 5.74) is 2.40. The van der Waals surface area contributed by atoms with Crippen molar-refractivity contribution < 1.29 is 19.2 Å². The molecule has 2 N–H and O–H groups in total. The first kappa shape index (κ1) is 19.5. The van der Waals surface area contributed by atoms with Crippen LogP contribution in [0.4, 0.5) is 5.69 Å². The Balaban J connectivity index is 1.70. The molecule has 1 amide bonds. The summed E-state index contributed by atoms with van der Waals surface area (Å²) >= 11 is 6.11. The Morgan fingerprint density at radius 3 is 2.72 bits per heavy atom. The van der Waals surface area contributed by atoms with Crippen molar-refractivity contribution in [3.05, 3.63) is 28.8 Å². The number of piperazine rings is 1. The van der Waals surface area contributed by atoms with Gasteiger partial charge in [0.2, 0.25) is 0 Å². The monoisotopic (exact) mass is 368 g/mol. The third kappa shape index (κ3) is 6.21. The highest BCUT2D eigenvalue weighted by molar-refractivity contribution is 6.30. The fraction of sp³-hybridized carbons (Fsp3) is 0.556. The van der Waals surface area contributed by atoms with E-state index >= 15 is 0 Å². The Morgan fingerprint density at radius 1 is 1.32 bits per heavy atom. The molecule has 0 bridgehead atoms. The summed E-state index contributed by atoms with van der Waals surface area (Å²) < 4.78 is 4.57. The maximum absolute atomic E-state index is 12.0. The van der Waals surface area contributed by atoms with Crippen LogP contribution in [0.1, 0.15) is 18.4 Å². The van der Waals surface area contributed by atoms with Crippen molar-refractivity contribution in [1.82, 2.24) is 5.32 Å². The van der Waals surface area contributed by atoms with Gasteiger partial charge in [-0.15, -0.1) is 0 Å². The third-order valence-electron chi connectivity index (χ3n) is 4.50. The molecule has 0 aliphatic carbocycles. The Bertz CT molecular complexity index is 601. The molecule has 0 saturated carbocycles. The molecule has 0 unspecified atom stereocenters. The number of halogens is 1. The number of carbonyl (C=O) groups is 2. The minimum Gasteiger partial charge on any atom is -0.469 e. The summed E-state index contributed by atoms with van der Waals surface area (Å²) in [7, 11) is 1.37. The molecule has 0 aromatic heterocycles. The number of carbonyl (C=O) groups excluding carboxylic acids is 2. The first-order valence-corrected chi connectivity index (χ1v) is 9.05. The van der Waals surface area contributed by atoms with Gasteiger partial charge in [-0.3, -0.25) is 9.59 Å². The van der Waals surface area contributed by atoms with Crippen molar-refractivity contribution in [2.75, 3.05) is 51.3 Å². The van der Waals surface area contributed by atoms with E-state index in [1.54, 1.807) is 0 Å². The Morgan fingerprint density at radius 2 is 2.04 bits per heavy atom. The van der Waals surface area contributed by atoms with Gasteiger partial charge in [0.05, 0.1) is 33.3 Å². The smallest absolute Gasteiger partial charge is 0.305 e. The summed E-state index contributed by atoms with van der Waals surface area (Å²) in [6.07, 6.45) is 0.941. The number of nitrogens with zero attached hydrogens (tertiary/aromatic N) is 1. The van der Waals surface area contributed by atoms with Gasteiger partial charge in [0.25, 0.3) is 5.91 Å². The van der Waals surface area contributed by atoms with Gasteiger partial charge in [0, 0.05) is 23.7 Å². The molecular formula is C18H27ClN3O3+. The lowest BCUT2D eigenvalue weighted by molar-refractivity contribution is -0.892. The first-order valence-electron chi connectivity index (χ1n) is 8.68. The van der Waals surface area contributed by atoms with Gasteiger partial charge in [0.15, 0.2) is 6.54 Å². The van der Waals surface area contributed by atoms with Crippen LogP contribution in [0.5, 0.6) is 0 Å². The quantitative estimate of drug-likeness (QED) is 0.541. The molecule has 1 fully saturated rings. The lowest BCUT2D eigenvalue weighted by Crippen LogP contribution is -3.16. The average Bonchev–Trinajstić information content (AvgIpc) is 2.61. The van der Waals surface area contributed by atoms with Gasteiger partial charge < -0.3 is 19.9 Å². The van der Waals surface area contributed by atoms with Crippen molar-refractivity contribution in [1.29, 1.82) is 0 Å². The largest absolute Gasteiger partial charge is 0.469 e. The highest BCUT2D eigenvalue weighted by Crippen LogP contribution is 2.24. The number of esters is 1. The average molecular weight is 369 g/mol. The number of hydrogen-bond acceptors (Lipinski definition) is 4. The maximum atomic E-state index is 12.0. The van der Waals surface area contributed by atoms with Crippen LogP contribution >= 0.6 is 11.6 Å². The summed E-state index contributed by atoms with van der Waals surface area (Å²) in [5.74, 6) is -0.209. The Hall–Kier alpha value is -1.79. The van der Waals surface area contributed by atoms with E-state index in [1.165, 1.54) is 23.3 Å². The van der Waals surface area contributed by atoms with Crippen LogP contribution in [-0.4, -0.2) is 58.3 Å². The zero-order chi connectivity index (χ0) is 18.2. The van der Waals surface area contributed by atoms with Crippen LogP contribution in [0.3, 0.4) is 0 Å². The number of quaternary nitrogens is 1. The van der Waals surface area contributed by atoms with Crippen LogP contribution in [-0.2, 0) is 14.3 Å². The number of nitrogens with one attached hydrogen (secondary N) is 2. The fourth-order valence-electron chi connectivity index (χ4n) is 3.02. The van der Waals surface area contributed by atoms with Crippen molar-refractivity contribution >= 4 is 29.2 Å². The van der Waals surface area contributed by atoms with Crippen LogP contribution < -0.4 is 15.1 Å². The van der Waals surface area contributed by atoms with Gasteiger partial charge >= 0.3 is 5.97 Å². The number of anilines is 1. The second kappa shape index (κ2) is 9.63. The van der Waals surface area contributed by atoms with E-state index in [4.69, 9.17) is 11.6 Å². The van der Waals surface area contributed by atoms with Gasteiger partial charge in [-0.05, 0) is 31.0 Å². The number of ether oxygens (including phenoxy) is 1. The van der Waals surface area contributed by atoms with Gasteiger partial charge in [-0.25, -0.2) is 0 Å². The highest BCUT2D eigenvalue weighted by atomic mass is 35.5. The summed E-state index contributed by atoms with van der Waals surface area (Å²) in [6, 6.07) is 5.96. The predicted molar refractivity (Wildman–Crippen MR) is 98.2 cm³/mol. The van der Waals surface area contributed by atoms with E-state index in [0.29, 0.717) is 25.9 Å². The number of aryl methyl sites for hydroxylation is 1. The van der Waals surface area contributed by atoms with Gasteiger partial charge in [0.1, 0.15) is 0 Å². The molecule has 6 nitrogen and oxygen atoms in total. The molecule has 1 heterocycles. The Kier molecular flexibility index (Phi) is 7.52. The lowest BCUT2D eigenvalue weighted by Gasteiger charge is -2.34. The second-order valence-electron chi connectivity index (χ2n) is 6.37. The van der Waals surface area contributed by atoms with E-state index in [-0.39, 0.29) is 11.9 Å². The van der Waals surface area contributed by atoms with Crippen molar-refractivity contribution in [2.24, 2.45) is 0 Å². The molecule has 2 rings (SSSR count). The third-order valence-corrected chi connectivity index (χ3v) is 4.74. The lowest BCUT2D eigenvalue weighted by atomic mass is 10.1. The van der Waals surface area contributed by atoms with E-state index in [1.807, 2.05) is 18.2 Å². The second-order valence-corrected chi connectivity index (χ2v) is 6.81. The van der Waals surface area contributed by atoms with Gasteiger partial charge in [-0.1, -0.05) is 17.7 Å². The number of hydrogen-bond donors (Lipinski definition) is 2. The molecule has 7 heteroatoms. The molecule has 0 radical (unpaired) electrons. The van der Waals surface area contributed by atoms with Crippen LogP contribution in [0.2, 0.25) is 5.02 Å². The topological polar surface area (TPSA) is 63.1 Å². The van der Waals surface area contributed by atoms with E-state index in [9.17, 15) is 9.59 Å². The van der Waals surface area contributed by atoms with Crippen molar-refractivity contribution in [3.63, 3.8) is 0 Å². The van der Waals surface area contributed by atoms with E-state index in [2.05, 4.69) is 21.9 Å². The standard InChI is InChI=1S/C18H26ClN3O3/c1-14-5-6-15(19)12-16(14)22-10-8-21(9-11-22)13-17(23)20-7-3-4-18(24)25-2/h5-6,12H,3-4,7-11,13H2,1-2H3,(H,20,23)/p+1. The molecule has 1 aliphatic rings. The summed E-state index contributed by atoms with van der Waals surface area (Å²) in [4.78, 5) is 26.6. The van der Waals surface area contributed by atoms with Crippen LogP contribution in [0.25, 0.3) is 0 Å². The maximum Gasteiger partial charge on any atom is 0.305 e. The number of amides is 1. The molecule has 1 saturated heterocycles. The predicted octanol–water partition coefficient (Wildman–Crippen LogP) is 0.423. The summed E-state index contributed by atoms with van der Waals surface area (Å²) in [5, 5.41) is 3.62. The Labute approximate surface area is 154 Å². The van der Waals surface area contributed by atoms with E-state index < -0.39 is 0 Å². The molecular weight excluding hydrogens is 342 g/mol. The normalized spacial score (nSPS) is 15.1. The minimum absolute atomic E-state index is 0.0345. The number of benzene rings is 1. The molecule has 1 aliphatic heterocycles. The molecule has 0 spiro atoms.